The molecule has 0 bridgehead atoms. The second-order valence-electron chi connectivity index (χ2n) is 8.15. The number of hydrogen-bond donors (Lipinski definition) is 0. The van der Waals surface area contributed by atoms with Crippen molar-refractivity contribution < 1.29 is 4.79 Å². The van der Waals surface area contributed by atoms with Crippen molar-refractivity contribution in [2.45, 2.75) is 33.0 Å². The van der Waals surface area contributed by atoms with E-state index in [0.717, 1.165) is 26.6 Å². The van der Waals surface area contributed by atoms with Gasteiger partial charge in [0.2, 0.25) is 0 Å². The van der Waals surface area contributed by atoms with Gasteiger partial charge in [0.15, 0.2) is 0 Å². The summed E-state index contributed by atoms with van der Waals surface area (Å²) in [5.41, 5.74) is 3.78. The maximum Gasteiger partial charge on any atom is 0.275 e. The Morgan fingerprint density at radius 2 is 1.97 bits per heavy atom. The Labute approximate surface area is 187 Å². The van der Waals surface area contributed by atoms with Gasteiger partial charge < -0.3 is 18.6 Å². The van der Waals surface area contributed by atoms with Gasteiger partial charge in [0.1, 0.15) is 11.4 Å². The summed E-state index contributed by atoms with van der Waals surface area (Å²) in [4.78, 5) is 32.5. The third kappa shape index (κ3) is 3.22. The first kappa shape index (κ1) is 19.8. The van der Waals surface area contributed by atoms with E-state index < -0.39 is 0 Å². The Morgan fingerprint density at radius 3 is 2.71 bits per heavy atom. The van der Waals surface area contributed by atoms with Crippen LogP contribution in [0.15, 0.2) is 58.3 Å². The SMILES string of the molecule is Cc1cn(-c2ccc3n(c2=O)CC(C)N(Cc2cn(C)c4cc(Br)ccc24)C3=O)cn1. The Kier molecular flexibility index (Phi) is 4.62. The van der Waals surface area contributed by atoms with Crippen molar-refractivity contribution >= 4 is 32.7 Å². The molecule has 0 spiro atoms. The van der Waals surface area contributed by atoms with Crippen LogP contribution in [0.2, 0.25) is 0 Å². The van der Waals surface area contributed by atoms with Crippen molar-refractivity contribution in [2.75, 3.05) is 0 Å². The predicted molar refractivity (Wildman–Crippen MR) is 123 cm³/mol. The number of halogens is 1. The molecular weight excluding hydrogens is 458 g/mol. The van der Waals surface area contributed by atoms with Crippen molar-refractivity contribution in [3.8, 4) is 5.69 Å². The molecule has 4 heterocycles. The standard InChI is InChI=1S/C23H22BrN5O2/c1-14-9-27(13-25-14)19-6-7-20-23(31)28(15(2)10-29(20)22(19)30)12-16-11-26(3)21-8-17(24)4-5-18(16)21/h4-9,11,13,15H,10,12H2,1-3H3. The van der Waals surface area contributed by atoms with Gasteiger partial charge in [-0.3, -0.25) is 9.59 Å². The number of imidazole rings is 1. The third-order valence-electron chi connectivity index (χ3n) is 5.98. The normalized spacial score (nSPS) is 16.2. The average molecular weight is 480 g/mol. The molecular formula is C23H22BrN5O2. The van der Waals surface area contributed by atoms with E-state index in [1.165, 1.54) is 0 Å². The second kappa shape index (κ2) is 7.23. The van der Waals surface area contributed by atoms with Crippen molar-refractivity contribution in [3.05, 3.63) is 80.8 Å². The highest BCUT2D eigenvalue weighted by Crippen LogP contribution is 2.27. The molecule has 158 valence electrons. The van der Waals surface area contributed by atoms with Gasteiger partial charge in [0, 0.05) is 53.9 Å². The van der Waals surface area contributed by atoms with Gasteiger partial charge in [-0.05, 0) is 43.7 Å². The summed E-state index contributed by atoms with van der Waals surface area (Å²) < 4.78 is 6.40. The molecule has 4 aromatic rings. The summed E-state index contributed by atoms with van der Waals surface area (Å²) in [5.74, 6) is -0.127. The molecule has 0 radical (unpaired) electrons. The van der Waals surface area contributed by atoms with Gasteiger partial charge >= 0.3 is 0 Å². The molecule has 7 nitrogen and oxygen atoms in total. The number of rotatable bonds is 3. The van der Waals surface area contributed by atoms with Crippen LogP contribution in [0.5, 0.6) is 0 Å². The van der Waals surface area contributed by atoms with E-state index in [1.54, 1.807) is 27.6 Å². The number of hydrogen-bond acceptors (Lipinski definition) is 3. The molecule has 3 aromatic heterocycles. The number of nitrogens with zero attached hydrogens (tertiary/aromatic N) is 5. The van der Waals surface area contributed by atoms with Gasteiger partial charge in [-0.1, -0.05) is 22.0 Å². The molecule has 31 heavy (non-hydrogen) atoms. The van der Waals surface area contributed by atoms with Gasteiger partial charge in [-0.15, -0.1) is 0 Å². The highest BCUT2D eigenvalue weighted by atomic mass is 79.9. The lowest BCUT2D eigenvalue weighted by atomic mass is 10.1. The minimum atomic E-state index is -0.176. The molecule has 0 saturated heterocycles. The van der Waals surface area contributed by atoms with E-state index in [1.807, 2.05) is 38.1 Å². The first-order chi connectivity index (χ1) is 14.8. The van der Waals surface area contributed by atoms with Crippen LogP contribution in [0.25, 0.3) is 16.6 Å². The summed E-state index contributed by atoms with van der Waals surface area (Å²) in [7, 11) is 2.01. The number of pyridine rings is 1. The zero-order valence-corrected chi connectivity index (χ0v) is 19.1. The highest BCUT2D eigenvalue weighted by Gasteiger charge is 2.31. The number of aromatic nitrogens is 4. The van der Waals surface area contributed by atoms with Crippen molar-refractivity contribution in [1.82, 2.24) is 23.6 Å². The van der Waals surface area contributed by atoms with E-state index in [4.69, 9.17) is 0 Å². The Bertz CT molecular complexity index is 1400. The molecule has 0 N–H and O–H groups in total. The molecule has 1 aromatic carbocycles. The first-order valence-corrected chi connectivity index (χ1v) is 10.9. The molecule has 1 atom stereocenters. The highest BCUT2D eigenvalue weighted by molar-refractivity contribution is 9.10. The number of carbonyl (C=O) groups excluding carboxylic acids is 1. The van der Waals surface area contributed by atoms with E-state index in [-0.39, 0.29) is 17.5 Å². The van der Waals surface area contributed by atoms with Crippen LogP contribution < -0.4 is 5.56 Å². The van der Waals surface area contributed by atoms with E-state index >= 15 is 0 Å². The lowest BCUT2D eigenvalue weighted by Crippen LogP contribution is -2.49. The monoisotopic (exact) mass is 479 g/mol. The zero-order chi connectivity index (χ0) is 21.9. The van der Waals surface area contributed by atoms with Crippen LogP contribution in [0, 0.1) is 6.92 Å². The number of carbonyl (C=O) groups is 1. The number of benzene rings is 1. The fraction of sp³-hybridized carbons (Fsp3) is 0.261. The lowest BCUT2D eigenvalue weighted by Gasteiger charge is -2.35. The molecule has 8 heteroatoms. The molecule has 1 amide bonds. The maximum atomic E-state index is 13.4. The second-order valence-corrected chi connectivity index (χ2v) is 9.07. The van der Waals surface area contributed by atoms with E-state index in [9.17, 15) is 9.59 Å². The Morgan fingerprint density at radius 1 is 1.16 bits per heavy atom. The smallest absolute Gasteiger partial charge is 0.275 e. The number of aryl methyl sites for hydroxylation is 2. The summed E-state index contributed by atoms with van der Waals surface area (Å²) in [6, 6.07) is 9.51. The van der Waals surface area contributed by atoms with Gasteiger partial charge in [-0.2, -0.15) is 0 Å². The molecule has 0 aliphatic carbocycles. The quantitative estimate of drug-likeness (QED) is 0.450. The Hall–Kier alpha value is -3.13. The van der Waals surface area contributed by atoms with E-state index in [0.29, 0.717) is 24.5 Å². The van der Waals surface area contributed by atoms with Crippen LogP contribution in [-0.4, -0.2) is 35.5 Å². The average Bonchev–Trinajstić information content (AvgIpc) is 3.29. The van der Waals surface area contributed by atoms with Crippen molar-refractivity contribution in [1.29, 1.82) is 0 Å². The van der Waals surface area contributed by atoms with Gasteiger partial charge in [0.25, 0.3) is 11.5 Å². The molecule has 1 aliphatic heterocycles. The molecule has 1 unspecified atom stereocenters. The summed E-state index contributed by atoms with van der Waals surface area (Å²) in [6.07, 6.45) is 5.50. The number of fused-ring (bicyclic) bond motifs is 2. The molecule has 1 aliphatic rings. The minimum absolute atomic E-state index is 0.108. The number of amides is 1. The fourth-order valence-corrected chi connectivity index (χ4v) is 4.72. The van der Waals surface area contributed by atoms with Crippen LogP contribution in [0.4, 0.5) is 0 Å². The third-order valence-corrected chi connectivity index (χ3v) is 6.47. The Balaban J connectivity index is 1.52. The fourth-order valence-electron chi connectivity index (χ4n) is 4.37. The zero-order valence-electron chi connectivity index (χ0n) is 17.5. The minimum Gasteiger partial charge on any atom is -0.350 e. The topological polar surface area (TPSA) is 65.1 Å². The summed E-state index contributed by atoms with van der Waals surface area (Å²) >= 11 is 3.53. The molecule has 5 rings (SSSR count). The molecule has 0 saturated carbocycles. The van der Waals surface area contributed by atoms with Crippen LogP contribution in [-0.2, 0) is 20.1 Å². The summed E-state index contributed by atoms with van der Waals surface area (Å²) in [6.45, 7) is 4.82. The first-order valence-electron chi connectivity index (χ1n) is 10.1. The lowest BCUT2D eigenvalue weighted by molar-refractivity contribution is 0.0591. The van der Waals surface area contributed by atoms with Crippen molar-refractivity contribution in [2.24, 2.45) is 7.05 Å². The van der Waals surface area contributed by atoms with Crippen LogP contribution in [0.3, 0.4) is 0 Å². The summed E-state index contributed by atoms with van der Waals surface area (Å²) in [5, 5.41) is 1.12. The van der Waals surface area contributed by atoms with Crippen molar-refractivity contribution in [3.63, 3.8) is 0 Å². The predicted octanol–water partition coefficient (Wildman–Crippen LogP) is 3.64. The van der Waals surface area contributed by atoms with Crippen LogP contribution >= 0.6 is 15.9 Å². The maximum absolute atomic E-state index is 13.4. The van der Waals surface area contributed by atoms with E-state index in [2.05, 4.69) is 43.8 Å². The largest absolute Gasteiger partial charge is 0.350 e. The van der Waals surface area contributed by atoms with Gasteiger partial charge in [0.05, 0.1) is 12.0 Å². The van der Waals surface area contributed by atoms with Crippen LogP contribution in [0.1, 0.15) is 28.7 Å². The van der Waals surface area contributed by atoms with Gasteiger partial charge in [-0.25, -0.2) is 4.98 Å². The molecule has 0 fully saturated rings.